The molecule has 0 N–H and O–H groups in total. The van der Waals surface area contributed by atoms with Gasteiger partial charge >= 0.3 is 49.0 Å². The molecule has 0 saturated heterocycles. The van der Waals surface area contributed by atoms with Crippen molar-refractivity contribution in [2.45, 2.75) is 6.42 Å². The molecule has 0 radical (unpaired) electrons. The minimum absolute atomic E-state index is 0.194. The molecule has 0 atom stereocenters. The van der Waals surface area contributed by atoms with Crippen molar-refractivity contribution in [1.82, 2.24) is 0 Å². The quantitative estimate of drug-likeness (QED) is 0.414. The summed E-state index contributed by atoms with van der Waals surface area (Å²) in [7, 11) is 0. The first kappa shape index (κ1) is 9.77. The van der Waals surface area contributed by atoms with E-state index in [1.54, 1.807) is 0 Å². The summed E-state index contributed by atoms with van der Waals surface area (Å²) in [6.45, 7) is 0. The molecule has 49 valence electrons. The molecule has 0 nitrogen and oxygen atoms in total. The van der Waals surface area contributed by atoms with E-state index in [1.807, 2.05) is 0 Å². The second-order valence-electron chi connectivity index (χ2n) is 1.43. The van der Waals surface area contributed by atoms with Gasteiger partial charge in [0.2, 0.25) is 0 Å². The SMILES string of the molecule is ClCCl.[Ti][C]1=CC=CC1. The number of allylic oxidation sites excluding steroid dienone is 4. The van der Waals surface area contributed by atoms with Crippen LogP contribution in [-0.2, 0) is 20.4 Å². The van der Waals surface area contributed by atoms with E-state index in [4.69, 9.17) is 23.2 Å². The molecule has 0 aromatic carbocycles. The van der Waals surface area contributed by atoms with E-state index in [0.29, 0.717) is 0 Å². The van der Waals surface area contributed by atoms with E-state index in [2.05, 4.69) is 38.7 Å². The third kappa shape index (κ3) is 6.66. The van der Waals surface area contributed by atoms with Crippen molar-refractivity contribution in [3.8, 4) is 0 Å². The van der Waals surface area contributed by atoms with Gasteiger partial charge in [0, 0.05) is 0 Å². The maximum absolute atomic E-state index is 4.76. The Morgan fingerprint density at radius 1 is 1.56 bits per heavy atom. The predicted molar refractivity (Wildman–Crippen MR) is 38.4 cm³/mol. The fraction of sp³-hybridized carbons (Fsp3) is 0.333. The van der Waals surface area contributed by atoms with Gasteiger partial charge in [-0.15, -0.1) is 23.2 Å². The molecule has 0 heterocycles. The molecule has 0 amide bonds. The van der Waals surface area contributed by atoms with E-state index < -0.39 is 0 Å². The third-order valence-corrected chi connectivity index (χ3v) is 1.35. The standard InChI is InChI=1S/C5H5.CH2Cl2.Ti/c1-2-4-5-3-1;2-1-3;/h1-3H,4H2;1H2;. The van der Waals surface area contributed by atoms with Crippen LogP contribution in [0.25, 0.3) is 0 Å². The monoisotopic (exact) mass is 197 g/mol. The van der Waals surface area contributed by atoms with Crippen molar-refractivity contribution >= 4 is 23.2 Å². The van der Waals surface area contributed by atoms with Crippen LogP contribution in [-0.4, -0.2) is 5.34 Å². The first-order chi connectivity index (χ1) is 4.31. The molecule has 0 bridgehead atoms. The summed E-state index contributed by atoms with van der Waals surface area (Å²) in [5, 5.41) is 0.194. The van der Waals surface area contributed by atoms with Crippen LogP contribution >= 0.6 is 23.2 Å². The van der Waals surface area contributed by atoms with Crippen LogP contribution in [0.5, 0.6) is 0 Å². The second-order valence-corrected chi connectivity index (χ2v) is 3.24. The number of hydrogen-bond acceptors (Lipinski definition) is 0. The molecule has 0 aromatic rings. The van der Waals surface area contributed by atoms with Gasteiger partial charge in [0.1, 0.15) is 0 Å². The number of alkyl halides is 2. The summed E-state index contributed by atoms with van der Waals surface area (Å²) in [4.78, 5) is 0. The van der Waals surface area contributed by atoms with Gasteiger partial charge < -0.3 is 0 Å². The Kier molecular flexibility index (Phi) is 7.48. The Bertz CT molecular complexity index is 118. The van der Waals surface area contributed by atoms with Crippen LogP contribution < -0.4 is 0 Å². The first-order valence-corrected chi connectivity index (χ1v) is 4.35. The van der Waals surface area contributed by atoms with E-state index in [9.17, 15) is 0 Å². The molecule has 0 spiro atoms. The molecule has 9 heavy (non-hydrogen) atoms. The molecule has 0 unspecified atom stereocenters. The fourth-order valence-electron chi connectivity index (χ4n) is 0.447. The number of rotatable bonds is 0. The van der Waals surface area contributed by atoms with Crippen molar-refractivity contribution < 1.29 is 20.4 Å². The zero-order chi connectivity index (χ0) is 7.11. The minimum atomic E-state index is 0.194. The molecule has 1 rings (SSSR count). The predicted octanol–water partition coefficient (Wildman–Crippen LogP) is 2.80. The topological polar surface area (TPSA) is 0 Å². The van der Waals surface area contributed by atoms with Crippen LogP contribution in [0.15, 0.2) is 22.1 Å². The normalized spacial score (nSPS) is 14.1. The molecular formula is C6H7Cl2Ti. The average Bonchev–Trinajstić information content (AvgIpc) is 2.20. The first-order valence-electron chi connectivity index (χ1n) is 2.50. The van der Waals surface area contributed by atoms with Crippen molar-refractivity contribution in [2.75, 3.05) is 5.34 Å². The van der Waals surface area contributed by atoms with Gasteiger partial charge in [0.15, 0.2) is 0 Å². The van der Waals surface area contributed by atoms with Crippen LogP contribution in [0, 0.1) is 0 Å². The molecule has 1 aliphatic rings. The Balaban J connectivity index is 0.000000187. The molecular weight excluding hydrogens is 191 g/mol. The summed E-state index contributed by atoms with van der Waals surface area (Å²) in [5.41, 5.74) is 0. The molecule has 0 aliphatic heterocycles. The van der Waals surface area contributed by atoms with E-state index >= 15 is 0 Å². The van der Waals surface area contributed by atoms with Gasteiger partial charge in [-0.2, -0.15) is 0 Å². The summed E-state index contributed by atoms with van der Waals surface area (Å²) >= 11 is 11.7. The van der Waals surface area contributed by atoms with Gasteiger partial charge in [0.05, 0.1) is 5.34 Å². The average molecular weight is 198 g/mol. The Morgan fingerprint density at radius 2 is 2.11 bits per heavy atom. The van der Waals surface area contributed by atoms with Crippen LogP contribution in [0.2, 0.25) is 0 Å². The van der Waals surface area contributed by atoms with Crippen molar-refractivity contribution in [3.05, 3.63) is 22.1 Å². The van der Waals surface area contributed by atoms with Crippen LogP contribution in [0.1, 0.15) is 6.42 Å². The van der Waals surface area contributed by atoms with Gasteiger partial charge in [0.25, 0.3) is 0 Å². The summed E-state index contributed by atoms with van der Waals surface area (Å²) in [6, 6.07) is 0. The molecule has 0 fully saturated rings. The van der Waals surface area contributed by atoms with E-state index in [1.165, 1.54) is 10.3 Å². The summed E-state index contributed by atoms with van der Waals surface area (Å²) in [5.74, 6) is 0. The Morgan fingerprint density at radius 3 is 2.22 bits per heavy atom. The van der Waals surface area contributed by atoms with Crippen LogP contribution in [0.3, 0.4) is 0 Å². The molecule has 0 aromatic heterocycles. The zero-order valence-corrected chi connectivity index (χ0v) is 7.98. The maximum atomic E-state index is 4.76. The third-order valence-electron chi connectivity index (χ3n) is 0.771. The Labute approximate surface area is 77.3 Å². The van der Waals surface area contributed by atoms with E-state index in [-0.39, 0.29) is 5.34 Å². The number of hydrogen-bond donors (Lipinski definition) is 0. The van der Waals surface area contributed by atoms with Gasteiger partial charge in [-0.05, 0) is 0 Å². The fourth-order valence-corrected chi connectivity index (χ4v) is 0.782. The Hall–Kier alpha value is 0.774. The molecule has 0 saturated carbocycles. The van der Waals surface area contributed by atoms with Crippen molar-refractivity contribution in [2.24, 2.45) is 0 Å². The van der Waals surface area contributed by atoms with Gasteiger partial charge in [-0.1, -0.05) is 0 Å². The summed E-state index contributed by atoms with van der Waals surface area (Å²) < 4.78 is 1.47. The zero-order valence-electron chi connectivity index (χ0n) is 4.90. The second kappa shape index (κ2) is 6.89. The summed E-state index contributed by atoms with van der Waals surface area (Å²) in [6.07, 6.45) is 7.56. The van der Waals surface area contributed by atoms with Crippen molar-refractivity contribution in [1.29, 1.82) is 0 Å². The van der Waals surface area contributed by atoms with Crippen molar-refractivity contribution in [3.63, 3.8) is 0 Å². The van der Waals surface area contributed by atoms with E-state index in [0.717, 1.165) is 0 Å². The number of halogens is 2. The molecule has 1 aliphatic carbocycles. The van der Waals surface area contributed by atoms with Crippen LogP contribution in [0.4, 0.5) is 0 Å². The van der Waals surface area contributed by atoms with Gasteiger partial charge in [-0.25, -0.2) is 0 Å². The molecule has 3 heteroatoms. The van der Waals surface area contributed by atoms with Gasteiger partial charge in [-0.3, -0.25) is 0 Å².